The highest BCUT2D eigenvalue weighted by Gasteiger charge is 2.32. The Kier molecular flexibility index (Phi) is 4.81. The van der Waals surface area contributed by atoms with E-state index < -0.39 is 0 Å². The molecule has 1 saturated heterocycles. The van der Waals surface area contributed by atoms with Crippen molar-refractivity contribution >= 4 is 34.6 Å². The fraction of sp³-hybridized carbons (Fsp3) is 0.158. The Balaban J connectivity index is 1.96. The number of amidine groups is 1. The summed E-state index contributed by atoms with van der Waals surface area (Å²) in [4.78, 5) is 19.1. The molecule has 1 aliphatic heterocycles. The van der Waals surface area contributed by atoms with Crippen LogP contribution < -0.4 is 0 Å². The largest absolute Gasteiger partial charge is 0.508 e. The SMILES string of the molecule is CCN1C(=O)/C(=C/c2cccc(O)c2)SC1=Nc1ccc(C)cc1O. The van der Waals surface area contributed by atoms with Gasteiger partial charge >= 0.3 is 0 Å². The number of rotatable bonds is 3. The Morgan fingerprint density at radius 1 is 1.20 bits per heavy atom. The van der Waals surface area contributed by atoms with Gasteiger partial charge in [0.15, 0.2) is 5.17 Å². The number of phenols is 2. The van der Waals surface area contributed by atoms with E-state index in [1.54, 1.807) is 41.3 Å². The van der Waals surface area contributed by atoms with Gasteiger partial charge in [0.2, 0.25) is 0 Å². The number of carbonyl (C=O) groups excluding carboxylic acids is 1. The van der Waals surface area contributed by atoms with Crippen LogP contribution in [0, 0.1) is 6.92 Å². The lowest BCUT2D eigenvalue weighted by molar-refractivity contribution is -0.122. The maximum atomic E-state index is 12.6. The topological polar surface area (TPSA) is 73.1 Å². The van der Waals surface area contributed by atoms with Crippen molar-refractivity contribution in [2.75, 3.05) is 6.54 Å². The van der Waals surface area contributed by atoms with Crippen LogP contribution in [-0.4, -0.2) is 32.7 Å². The summed E-state index contributed by atoms with van der Waals surface area (Å²) in [6.45, 7) is 4.24. The molecule has 3 rings (SSSR count). The lowest BCUT2D eigenvalue weighted by Gasteiger charge is -2.12. The number of aliphatic imine (C=N–C) groups is 1. The number of thioether (sulfide) groups is 1. The van der Waals surface area contributed by atoms with Gasteiger partial charge in [-0.3, -0.25) is 9.69 Å². The fourth-order valence-corrected chi connectivity index (χ4v) is 3.52. The molecule has 0 aromatic heterocycles. The predicted molar refractivity (Wildman–Crippen MR) is 101 cm³/mol. The Labute approximate surface area is 150 Å². The quantitative estimate of drug-likeness (QED) is 0.816. The Bertz CT molecular complexity index is 890. The van der Waals surface area contributed by atoms with Crippen molar-refractivity contribution in [2.24, 2.45) is 4.99 Å². The minimum absolute atomic E-state index is 0.0852. The second kappa shape index (κ2) is 7.03. The molecule has 128 valence electrons. The van der Waals surface area contributed by atoms with Crippen molar-refractivity contribution in [1.82, 2.24) is 4.90 Å². The second-order valence-corrected chi connectivity index (χ2v) is 6.65. The van der Waals surface area contributed by atoms with Crippen molar-refractivity contribution in [1.29, 1.82) is 0 Å². The smallest absolute Gasteiger partial charge is 0.266 e. The molecule has 5 nitrogen and oxygen atoms in total. The molecule has 25 heavy (non-hydrogen) atoms. The first kappa shape index (κ1) is 17.1. The summed E-state index contributed by atoms with van der Waals surface area (Å²) < 4.78 is 0. The molecule has 2 N–H and O–H groups in total. The van der Waals surface area contributed by atoms with Crippen LogP contribution in [0.25, 0.3) is 6.08 Å². The van der Waals surface area contributed by atoms with Gasteiger partial charge in [-0.2, -0.15) is 0 Å². The number of hydrogen-bond donors (Lipinski definition) is 2. The summed E-state index contributed by atoms with van der Waals surface area (Å²) in [5.74, 6) is 0.0961. The molecule has 2 aromatic rings. The van der Waals surface area contributed by atoms with Gasteiger partial charge in [-0.05, 0) is 67.1 Å². The Hall–Kier alpha value is -2.73. The van der Waals surface area contributed by atoms with Gasteiger partial charge in [-0.15, -0.1) is 0 Å². The summed E-state index contributed by atoms with van der Waals surface area (Å²) >= 11 is 1.25. The molecule has 6 heteroatoms. The summed E-state index contributed by atoms with van der Waals surface area (Å²) in [6.07, 6.45) is 1.73. The standard InChI is InChI=1S/C19H18N2O3S/c1-3-21-18(24)17(11-13-5-4-6-14(22)10-13)25-19(21)20-15-8-7-12(2)9-16(15)23/h4-11,22-23H,3H2,1-2H3/b17-11-,20-19?. The van der Waals surface area contributed by atoms with E-state index >= 15 is 0 Å². The molecular formula is C19H18N2O3S. The lowest BCUT2D eigenvalue weighted by atomic mass is 10.2. The predicted octanol–water partition coefficient (Wildman–Crippen LogP) is 4.03. The molecule has 0 saturated carbocycles. The van der Waals surface area contributed by atoms with Crippen LogP contribution in [0.2, 0.25) is 0 Å². The van der Waals surface area contributed by atoms with E-state index in [2.05, 4.69) is 4.99 Å². The maximum absolute atomic E-state index is 12.6. The van der Waals surface area contributed by atoms with Crippen LogP contribution in [0.4, 0.5) is 5.69 Å². The van der Waals surface area contributed by atoms with Crippen molar-refractivity contribution in [3.05, 3.63) is 58.5 Å². The fourth-order valence-electron chi connectivity index (χ4n) is 2.47. The van der Waals surface area contributed by atoms with E-state index in [-0.39, 0.29) is 17.4 Å². The van der Waals surface area contributed by atoms with E-state index in [4.69, 9.17) is 0 Å². The number of likely N-dealkylation sites (N-methyl/N-ethyl adjacent to an activating group) is 1. The van der Waals surface area contributed by atoms with Crippen molar-refractivity contribution in [3.63, 3.8) is 0 Å². The summed E-state index contributed by atoms with van der Waals surface area (Å²) in [6, 6.07) is 11.9. The first-order valence-electron chi connectivity index (χ1n) is 7.86. The van der Waals surface area contributed by atoms with Crippen LogP contribution in [-0.2, 0) is 4.79 Å². The van der Waals surface area contributed by atoms with Crippen LogP contribution in [0.1, 0.15) is 18.1 Å². The maximum Gasteiger partial charge on any atom is 0.266 e. The van der Waals surface area contributed by atoms with Crippen LogP contribution in [0.3, 0.4) is 0 Å². The highest BCUT2D eigenvalue weighted by Crippen LogP contribution is 2.36. The van der Waals surface area contributed by atoms with Crippen LogP contribution in [0.5, 0.6) is 11.5 Å². The van der Waals surface area contributed by atoms with Crippen molar-refractivity contribution in [2.45, 2.75) is 13.8 Å². The summed E-state index contributed by atoms with van der Waals surface area (Å²) in [5.41, 5.74) is 2.11. The third-order valence-corrected chi connectivity index (χ3v) is 4.73. The highest BCUT2D eigenvalue weighted by atomic mass is 32.2. The number of phenolic OH excluding ortho intramolecular Hbond substituents is 2. The zero-order chi connectivity index (χ0) is 18.0. The zero-order valence-corrected chi connectivity index (χ0v) is 14.7. The zero-order valence-electron chi connectivity index (χ0n) is 13.9. The van der Waals surface area contributed by atoms with E-state index in [1.165, 1.54) is 11.8 Å². The third kappa shape index (κ3) is 3.69. The van der Waals surface area contributed by atoms with Gasteiger partial charge in [0.1, 0.15) is 17.2 Å². The monoisotopic (exact) mass is 354 g/mol. The van der Waals surface area contributed by atoms with Gasteiger partial charge in [0.25, 0.3) is 5.91 Å². The molecule has 1 heterocycles. The number of carbonyl (C=O) groups is 1. The molecule has 0 bridgehead atoms. The molecule has 1 fully saturated rings. The van der Waals surface area contributed by atoms with Crippen LogP contribution in [0.15, 0.2) is 52.4 Å². The Morgan fingerprint density at radius 3 is 2.68 bits per heavy atom. The summed E-state index contributed by atoms with van der Waals surface area (Å²) in [7, 11) is 0. The van der Waals surface area contributed by atoms with E-state index in [0.29, 0.717) is 22.3 Å². The van der Waals surface area contributed by atoms with Crippen molar-refractivity contribution in [3.8, 4) is 11.5 Å². The molecule has 2 aromatic carbocycles. The molecule has 1 aliphatic rings. The molecule has 0 atom stereocenters. The molecular weight excluding hydrogens is 336 g/mol. The van der Waals surface area contributed by atoms with Gasteiger partial charge in [-0.1, -0.05) is 18.2 Å². The second-order valence-electron chi connectivity index (χ2n) is 5.64. The van der Waals surface area contributed by atoms with Gasteiger partial charge in [0, 0.05) is 6.54 Å². The van der Waals surface area contributed by atoms with E-state index in [1.807, 2.05) is 26.0 Å². The normalized spacial score (nSPS) is 17.7. The average Bonchev–Trinajstić information content (AvgIpc) is 2.85. The molecule has 1 amide bonds. The highest BCUT2D eigenvalue weighted by molar-refractivity contribution is 8.18. The number of benzene rings is 2. The molecule has 0 aliphatic carbocycles. The Morgan fingerprint density at radius 2 is 2.00 bits per heavy atom. The third-order valence-electron chi connectivity index (χ3n) is 3.72. The van der Waals surface area contributed by atoms with Crippen LogP contribution >= 0.6 is 11.8 Å². The lowest BCUT2D eigenvalue weighted by Crippen LogP contribution is -2.28. The molecule has 0 spiro atoms. The van der Waals surface area contributed by atoms with Crippen molar-refractivity contribution < 1.29 is 15.0 Å². The average molecular weight is 354 g/mol. The number of aryl methyl sites for hydroxylation is 1. The molecule has 0 unspecified atom stereocenters. The van der Waals surface area contributed by atoms with E-state index in [0.717, 1.165) is 11.1 Å². The number of nitrogens with zero attached hydrogens (tertiary/aromatic N) is 2. The van der Waals surface area contributed by atoms with Gasteiger partial charge in [0.05, 0.1) is 4.91 Å². The minimum Gasteiger partial charge on any atom is -0.508 e. The van der Waals surface area contributed by atoms with Gasteiger partial charge < -0.3 is 10.2 Å². The number of hydrogen-bond acceptors (Lipinski definition) is 5. The van der Waals surface area contributed by atoms with Gasteiger partial charge in [-0.25, -0.2) is 4.99 Å². The number of aromatic hydroxyl groups is 2. The molecule has 0 radical (unpaired) electrons. The van der Waals surface area contributed by atoms with E-state index in [9.17, 15) is 15.0 Å². The summed E-state index contributed by atoms with van der Waals surface area (Å²) in [5, 5.41) is 20.1. The first-order valence-corrected chi connectivity index (χ1v) is 8.68. The number of amides is 1. The first-order chi connectivity index (χ1) is 12.0. The minimum atomic E-state index is -0.138.